The van der Waals surface area contributed by atoms with Crippen molar-refractivity contribution in [3.8, 4) is 0 Å². The maximum Gasteiger partial charge on any atom is 0.268 e. The fourth-order valence-corrected chi connectivity index (χ4v) is 5.72. The Morgan fingerprint density at radius 3 is 2.60 bits per heavy atom. The molecule has 2 aliphatic rings. The van der Waals surface area contributed by atoms with Crippen molar-refractivity contribution in [3.05, 3.63) is 101 Å². The van der Waals surface area contributed by atoms with Crippen LogP contribution < -0.4 is 16.4 Å². The topological polar surface area (TPSA) is 120 Å². The van der Waals surface area contributed by atoms with E-state index in [1.807, 2.05) is 6.07 Å². The first kappa shape index (κ1) is 25.6. The number of nitrogens with zero attached hydrogens (tertiary/aromatic N) is 1. The number of fused-ring (bicyclic) bond motifs is 3. The van der Waals surface area contributed by atoms with E-state index in [0.29, 0.717) is 11.3 Å². The molecule has 11 heteroatoms. The van der Waals surface area contributed by atoms with Crippen molar-refractivity contribution >= 4 is 34.3 Å². The molecule has 0 saturated carbocycles. The van der Waals surface area contributed by atoms with E-state index in [4.69, 9.17) is 5.73 Å². The molecule has 1 aromatic heterocycles. The van der Waals surface area contributed by atoms with Crippen LogP contribution in [0.5, 0.6) is 0 Å². The van der Waals surface area contributed by atoms with Gasteiger partial charge in [-0.15, -0.1) is 0 Å². The lowest BCUT2D eigenvalue weighted by Gasteiger charge is -2.28. The normalized spacial score (nSPS) is 20.6. The molecule has 1 saturated heterocycles. The number of carbonyl (C=O) groups excluding carboxylic acids is 3. The summed E-state index contributed by atoms with van der Waals surface area (Å²) in [4.78, 5) is 44.2. The largest absolute Gasteiger partial charge is 0.348 e. The molecule has 3 aromatic carbocycles. The van der Waals surface area contributed by atoms with Crippen molar-refractivity contribution in [1.29, 1.82) is 0 Å². The quantitative estimate of drug-likeness (QED) is 0.306. The van der Waals surface area contributed by atoms with Crippen molar-refractivity contribution in [2.75, 3.05) is 11.9 Å². The summed E-state index contributed by atoms with van der Waals surface area (Å²) in [5, 5.41) is 5.36. The van der Waals surface area contributed by atoms with E-state index in [0.717, 1.165) is 23.8 Å². The highest BCUT2D eigenvalue weighted by Gasteiger charge is 2.55. The van der Waals surface area contributed by atoms with Crippen LogP contribution in [0.1, 0.15) is 28.0 Å². The van der Waals surface area contributed by atoms with E-state index in [1.165, 1.54) is 23.1 Å². The van der Waals surface area contributed by atoms with Gasteiger partial charge >= 0.3 is 0 Å². The minimum absolute atomic E-state index is 0.0197. The Balaban J connectivity index is 1.31. The summed E-state index contributed by atoms with van der Waals surface area (Å²) in [6.45, 7) is -0.0197. The van der Waals surface area contributed by atoms with Crippen LogP contribution in [-0.2, 0) is 21.4 Å². The molecule has 0 aliphatic carbocycles. The number of likely N-dealkylation sites (tertiary alicyclic amines) is 1. The van der Waals surface area contributed by atoms with Crippen molar-refractivity contribution in [2.45, 2.75) is 30.5 Å². The highest BCUT2D eigenvalue weighted by molar-refractivity contribution is 6.07. The number of nitrogens with one attached hydrogen (secondary N) is 3. The summed E-state index contributed by atoms with van der Waals surface area (Å²) in [7, 11) is 0. The van der Waals surface area contributed by atoms with Crippen LogP contribution in [0, 0.1) is 17.5 Å². The van der Waals surface area contributed by atoms with E-state index < -0.39 is 46.9 Å². The molecule has 0 bridgehead atoms. The Hall–Kier alpha value is -4.64. The number of nitrogens with two attached hydrogens (primary N) is 1. The van der Waals surface area contributed by atoms with Crippen molar-refractivity contribution < 1.29 is 27.6 Å². The molecule has 4 aromatic rings. The molecular weight excluding hydrogens is 523 g/mol. The summed E-state index contributed by atoms with van der Waals surface area (Å²) < 4.78 is 42.4. The second-order valence-electron chi connectivity index (χ2n) is 10.2. The Morgan fingerprint density at radius 2 is 1.82 bits per heavy atom. The molecule has 1 fully saturated rings. The van der Waals surface area contributed by atoms with E-state index in [9.17, 15) is 27.6 Å². The van der Waals surface area contributed by atoms with Gasteiger partial charge in [-0.3, -0.25) is 14.4 Å². The first-order valence-electron chi connectivity index (χ1n) is 12.7. The Morgan fingerprint density at radius 1 is 1.05 bits per heavy atom. The lowest BCUT2D eigenvalue weighted by molar-refractivity contribution is -0.134. The standard InChI is InChI=1S/C29H24F3N5O3/c30-16-5-3-4-15(10-16)11-23(35-26(38)22-12-17-19(31)8-9-20(32)25(17)34-22)27(39)37-14-29(13-24(37)33)18-6-1-2-7-21(18)36-28(29)40/h1-10,12,23-24,34H,11,13-14,33H2,(H,35,38)(H,36,40)/t23-,24-,29-/m0/s1. The number of hydrogen-bond acceptors (Lipinski definition) is 4. The summed E-state index contributed by atoms with van der Waals surface area (Å²) in [5.41, 5.74) is 6.81. The lowest BCUT2D eigenvalue weighted by Crippen LogP contribution is -2.53. The van der Waals surface area contributed by atoms with E-state index in [-0.39, 0.29) is 41.9 Å². The SMILES string of the molecule is N[C@@H]1C[C@@]2(CN1C(=O)[C@H](Cc1cccc(F)c1)NC(=O)c1cc3c(F)ccc(F)c3[nH]1)C(=O)Nc1ccccc12. The maximum absolute atomic E-state index is 14.2. The molecule has 40 heavy (non-hydrogen) atoms. The van der Waals surface area contributed by atoms with E-state index in [2.05, 4.69) is 15.6 Å². The molecule has 2 aliphatic heterocycles. The van der Waals surface area contributed by atoms with Gasteiger partial charge in [0.15, 0.2) is 0 Å². The molecule has 3 amide bonds. The van der Waals surface area contributed by atoms with Gasteiger partial charge in [0.25, 0.3) is 5.91 Å². The average Bonchev–Trinajstić information content (AvgIpc) is 3.61. The Bertz CT molecular complexity index is 1650. The number of anilines is 1. The van der Waals surface area contributed by atoms with Gasteiger partial charge in [0.2, 0.25) is 11.8 Å². The number of para-hydroxylation sites is 1. The highest BCUT2D eigenvalue weighted by atomic mass is 19.1. The fraction of sp³-hybridized carbons (Fsp3) is 0.207. The number of H-pyrrole nitrogens is 1. The summed E-state index contributed by atoms with van der Waals surface area (Å²) >= 11 is 0. The number of benzene rings is 3. The van der Waals surface area contributed by atoms with Gasteiger partial charge in [0.1, 0.15) is 29.2 Å². The van der Waals surface area contributed by atoms with Gasteiger partial charge < -0.3 is 26.3 Å². The minimum Gasteiger partial charge on any atom is -0.348 e. The number of amides is 3. The zero-order chi connectivity index (χ0) is 28.2. The van der Waals surface area contributed by atoms with Crippen molar-refractivity contribution in [1.82, 2.24) is 15.2 Å². The van der Waals surface area contributed by atoms with Crippen LogP contribution in [-0.4, -0.2) is 46.4 Å². The fourth-order valence-electron chi connectivity index (χ4n) is 5.72. The van der Waals surface area contributed by atoms with Crippen LogP contribution in [0.15, 0.2) is 66.7 Å². The smallest absolute Gasteiger partial charge is 0.268 e. The molecule has 3 heterocycles. The van der Waals surface area contributed by atoms with Crippen molar-refractivity contribution in [2.24, 2.45) is 5.73 Å². The van der Waals surface area contributed by atoms with Crippen molar-refractivity contribution in [3.63, 3.8) is 0 Å². The first-order valence-corrected chi connectivity index (χ1v) is 12.7. The summed E-state index contributed by atoms with van der Waals surface area (Å²) in [6, 6.07) is 14.6. The number of aromatic nitrogens is 1. The molecule has 5 N–H and O–H groups in total. The monoisotopic (exact) mass is 547 g/mol. The Kier molecular flexibility index (Phi) is 6.10. The molecule has 0 unspecified atom stereocenters. The number of aromatic amines is 1. The van der Waals surface area contributed by atoms with E-state index >= 15 is 0 Å². The van der Waals surface area contributed by atoms with Crippen LogP contribution in [0.2, 0.25) is 0 Å². The van der Waals surface area contributed by atoms with Gasteiger partial charge in [0.05, 0.1) is 17.1 Å². The lowest BCUT2D eigenvalue weighted by atomic mass is 9.80. The van der Waals surface area contributed by atoms with Crippen LogP contribution in [0.25, 0.3) is 10.9 Å². The summed E-state index contributed by atoms with van der Waals surface area (Å²) in [6.07, 6.45) is -0.764. The second-order valence-corrected chi connectivity index (χ2v) is 10.2. The van der Waals surface area contributed by atoms with Gasteiger partial charge in [-0.25, -0.2) is 13.2 Å². The van der Waals surface area contributed by atoms with Gasteiger partial charge in [-0.2, -0.15) is 0 Å². The minimum atomic E-state index is -1.23. The van der Waals surface area contributed by atoms with Crippen LogP contribution in [0.3, 0.4) is 0 Å². The maximum atomic E-state index is 14.2. The zero-order valence-corrected chi connectivity index (χ0v) is 21.0. The summed E-state index contributed by atoms with van der Waals surface area (Å²) in [5.74, 6) is -3.63. The first-order chi connectivity index (χ1) is 19.2. The molecule has 1 spiro atoms. The zero-order valence-electron chi connectivity index (χ0n) is 21.0. The number of carbonyl (C=O) groups is 3. The molecule has 0 radical (unpaired) electrons. The second kappa shape index (κ2) is 9.53. The average molecular weight is 548 g/mol. The van der Waals surface area contributed by atoms with Gasteiger partial charge in [-0.05, 0) is 47.5 Å². The third kappa shape index (κ3) is 4.19. The van der Waals surface area contributed by atoms with E-state index in [1.54, 1.807) is 24.3 Å². The predicted octanol–water partition coefficient (Wildman–Crippen LogP) is 3.33. The predicted molar refractivity (Wildman–Crippen MR) is 141 cm³/mol. The Labute approximate surface area is 226 Å². The van der Waals surface area contributed by atoms with Crippen LogP contribution in [0.4, 0.5) is 18.9 Å². The van der Waals surface area contributed by atoms with Gasteiger partial charge in [0, 0.05) is 30.5 Å². The third-order valence-electron chi connectivity index (χ3n) is 7.67. The molecular formula is C29H24F3N5O3. The highest BCUT2D eigenvalue weighted by Crippen LogP contribution is 2.45. The van der Waals surface area contributed by atoms with Gasteiger partial charge in [-0.1, -0.05) is 30.3 Å². The third-order valence-corrected chi connectivity index (χ3v) is 7.67. The number of halogens is 3. The molecule has 3 atom stereocenters. The van der Waals surface area contributed by atoms with Crippen LogP contribution >= 0.6 is 0 Å². The number of rotatable bonds is 5. The molecule has 204 valence electrons. The molecule has 6 rings (SSSR count). The number of hydrogen-bond donors (Lipinski definition) is 4. The molecule has 8 nitrogen and oxygen atoms in total.